The summed E-state index contributed by atoms with van der Waals surface area (Å²) in [4.78, 5) is 13.5. The lowest BCUT2D eigenvalue weighted by atomic mass is 10.1. The molecule has 16 heavy (non-hydrogen) atoms. The van der Waals surface area contributed by atoms with Crippen LogP contribution in [0.2, 0.25) is 0 Å². The number of benzene rings is 1. The molecule has 0 saturated heterocycles. The van der Waals surface area contributed by atoms with E-state index in [0.717, 1.165) is 0 Å². The predicted molar refractivity (Wildman–Crippen MR) is 63.5 cm³/mol. The maximum Gasteiger partial charge on any atom is 0.268 e. The number of nitrogens with two attached hydrogens (primary N) is 1. The van der Waals surface area contributed by atoms with Gasteiger partial charge in [0.05, 0.1) is 5.69 Å². The van der Waals surface area contributed by atoms with Crippen molar-refractivity contribution in [2.24, 2.45) is 0 Å². The van der Waals surface area contributed by atoms with Gasteiger partial charge in [-0.2, -0.15) is 0 Å². The Morgan fingerprint density at radius 2 is 2.38 bits per heavy atom. The van der Waals surface area contributed by atoms with Gasteiger partial charge in [0.15, 0.2) is 6.10 Å². The number of fused-ring (bicyclic) bond motifs is 1. The molecule has 0 bridgehead atoms. The van der Waals surface area contributed by atoms with Crippen LogP contribution >= 0.6 is 0 Å². The van der Waals surface area contributed by atoms with E-state index in [4.69, 9.17) is 10.5 Å². The van der Waals surface area contributed by atoms with Crippen LogP contribution in [0.25, 0.3) is 0 Å². The Morgan fingerprint density at radius 1 is 1.62 bits per heavy atom. The summed E-state index contributed by atoms with van der Waals surface area (Å²) in [7, 11) is 0. The maximum absolute atomic E-state index is 11.9. The first-order valence-electron chi connectivity index (χ1n) is 5.12. The van der Waals surface area contributed by atoms with Gasteiger partial charge in [-0.25, -0.2) is 0 Å². The molecule has 1 aromatic carbocycles. The summed E-state index contributed by atoms with van der Waals surface area (Å²) in [5, 5.41) is 0. The molecule has 84 valence electrons. The third kappa shape index (κ3) is 1.62. The summed E-state index contributed by atoms with van der Waals surface area (Å²) in [6.07, 6.45) is 1.22. The molecule has 0 spiro atoms. The maximum atomic E-state index is 11.9. The minimum absolute atomic E-state index is 0.0713. The fourth-order valence-electron chi connectivity index (χ4n) is 1.74. The average molecular weight is 218 g/mol. The molecule has 0 fully saturated rings. The molecular weight excluding hydrogens is 204 g/mol. The smallest absolute Gasteiger partial charge is 0.268 e. The van der Waals surface area contributed by atoms with Crippen LogP contribution in [0.3, 0.4) is 0 Å². The van der Waals surface area contributed by atoms with Gasteiger partial charge in [-0.1, -0.05) is 6.08 Å². The monoisotopic (exact) mass is 218 g/mol. The van der Waals surface area contributed by atoms with Gasteiger partial charge in [-0.15, -0.1) is 6.58 Å². The van der Waals surface area contributed by atoms with Gasteiger partial charge < -0.3 is 15.4 Å². The van der Waals surface area contributed by atoms with Crippen molar-refractivity contribution in [1.82, 2.24) is 0 Å². The minimum atomic E-state index is -0.462. The first-order chi connectivity index (χ1) is 7.63. The zero-order chi connectivity index (χ0) is 11.7. The highest BCUT2D eigenvalue weighted by molar-refractivity contribution is 6.00. The normalized spacial score (nSPS) is 18.9. The van der Waals surface area contributed by atoms with Crippen LogP contribution in [0.15, 0.2) is 30.9 Å². The zero-order valence-electron chi connectivity index (χ0n) is 9.14. The summed E-state index contributed by atoms with van der Waals surface area (Å²) in [6.45, 7) is 5.84. The van der Waals surface area contributed by atoms with Crippen LogP contribution in [0.4, 0.5) is 11.4 Å². The first kappa shape index (κ1) is 10.5. The molecule has 1 atom stereocenters. The summed E-state index contributed by atoms with van der Waals surface area (Å²) < 4.78 is 5.49. The number of amides is 1. The molecule has 1 aromatic rings. The van der Waals surface area contributed by atoms with Crippen molar-refractivity contribution in [2.75, 3.05) is 17.2 Å². The molecule has 0 aliphatic carbocycles. The second kappa shape index (κ2) is 3.89. The number of nitrogen functional groups attached to an aromatic ring is 1. The molecule has 4 nitrogen and oxygen atoms in total. The molecule has 1 heterocycles. The van der Waals surface area contributed by atoms with E-state index in [9.17, 15) is 4.79 Å². The molecule has 2 rings (SSSR count). The highest BCUT2D eigenvalue weighted by Gasteiger charge is 2.30. The lowest BCUT2D eigenvalue weighted by Crippen LogP contribution is -2.44. The van der Waals surface area contributed by atoms with Gasteiger partial charge in [0, 0.05) is 12.2 Å². The third-order valence-electron chi connectivity index (χ3n) is 2.50. The summed E-state index contributed by atoms with van der Waals surface area (Å²) >= 11 is 0. The molecule has 0 saturated carbocycles. The highest BCUT2D eigenvalue weighted by Crippen LogP contribution is 2.35. The van der Waals surface area contributed by atoms with Crippen molar-refractivity contribution < 1.29 is 9.53 Å². The van der Waals surface area contributed by atoms with Gasteiger partial charge >= 0.3 is 0 Å². The van der Waals surface area contributed by atoms with E-state index in [1.54, 1.807) is 36.1 Å². The molecular formula is C12H14N2O2. The lowest BCUT2D eigenvalue weighted by molar-refractivity contribution is -0.125. The lowest BCUT2D eigenvalue weighted by Gasteiger charge is -2.32. The quantitative estimate of drug-likeness (QED) is 0.605. The molecule has 0 radical (unpaired) electrons. The van der Waals surface area contributed by atoms with E-state index >= 15 is 0 Å². The summed E-state index contributed by atoms with van der Waals surface area (Å²) in [6, 6.07) is 5.28. The molecule has 1 amide bonds. The third-order valence-corrected chi connectivity index (χ3v) is 2.50. The summed E-state index contributed by atoms with van der Waals surface area (Å²) in [5.41, 5.74) is 7.02. The van der Waals surface area contributed by atoms with Crippen molar-refractivity contribution in [1.29, 1.82) is 0 Å². The molecule has 4 heteroatoms. The topological polar surface area (TPSA) is 55.6 Å². The largest absolute Gasteiger partial charge is 0.479 e. The number of carbonyl (C=O) groups is 1. The van der Waals surface area contributed by atoms with Gasteiger partial charge in [-0.3, -0.25) is 4.79 Å². The average Bonchev–Trinajstić information content (AvgIpc) is 2.26. The fourth-order valence-corrected chi connectivity index (χ4v) is 1.74. The fraction of sp³-hybridized carbons (Fsp3) is 0.250. The van der Waals surface area contributed by atoms with Crippen LogP contribution in [0, 0.1) is 0 Å². The Balaban J connectivity index is 2.48. The van der Waals surface area contributed by atoms with Crippen molar-refractivity contribution in [3.8, 4) is 5.75 Å². The van der Waals surface area contributed by atoms with Crippen LogP contribution in [-0.2, 0) is 4.79 Å². The number of anilines is 2. The van der Waals surface area contributed by atoms with Crippen molar-refractivity contribution in [3.05, 3.63) is 30.9 Å². The molecule has 2 N–H and O–H groups in total. The SMILES string of the molecule is C=CCN1C(=O)C(C)Oc2ccc(N)cc21. The number of hydrogen-bond donors (Lipinski definition) is 1. The zero-order valence-corrected chi connectivity index (χ0v) is 9.14. The number of ether oxygens (including phenoxy) is 1. The van der Waals surface area contributed by atoms with Gasteiger partial charge in [0.25, 0.3) is 5.91 Å². The molecule has 1 aliphatic rings. The highest BCUT2D eigenvalue weighted by atomic mass is 16.5. The minimum Gasteiger partial charge on any atom is -0.479 e. The number of nitrogens with zero attached hydrogens (tertiary/aromatic N) is 1. The molecule has 0 aromatic heterocycles. The van der Waals surface area contributed by atoms with Crippen LogP contribution in [0.5, 0.6) is 5.75 Å². The summed E-state index contributed by atoms with van der Waals surface area (Å²) in [5.74, 6) is 0.612. The van der Waals surface area contributed by atoms with Crippen molar-refractivity contribution in [3.63, 3.8) is 0 Å². The molecule has 1 aliphatic heterocycles. The van der Waals surface area contributed by atoms with Gasteiger partial charge in [0.1, 0.15) is 5.75 Å². The standard InChI is InChI=1S/C12H14N2O2/c1-3-6-14-10-7-9(13)4-5-11(10)16-8(2)12(14)15/h3-5,7-8H,1,6,13H2,2H3. The Kier molecular flexibility index (Phi) is 2.56. The number of carbonyl (C=O) groups excluding carboxylic acids is 1. The predicted octanol–water partition coefficient (Wildman–Crippen LogP) is 1.57. The first-order valence-corrected chi connectivity index (χ1v) is 5.12. The van der Waals surface area contributed by atoms with Gasteiger partial charge in [0.2, 0.25) is 0 Å². The molecule has 1 unspecified atom stereocenters. The Labute approximate surface area is 94.3 Å². The van der Waals surface area contributed by atoms with E-state index in [2.05, 4.69) is 6.58 Å². The Hall–Kier alpha value is -1.97. The number of rotatable bonds is 2. The van der Waals surface area contributed by atoms with Crippen LogP contribution in [0.1, 0.15) is 6.92 Å². The second-order valence-corrected chi connectivity index (χ2v) is 3.72. The Morgan fingerprint density at radius 3 is 3.06 bits per heavy atom. The van der Waals surface area contributed by atoms with Crippen molar-refractivity contribution >= 4 is 17.3 Å². The van der Waals surface area contributed by atoms with E-state index in [1.807, 2.05) is 0 Å². The Bertz CT molecular complexity index is 443. The number of hydrogen-bond acceptors (Lipinski definition) is 3. The van der Waals surface area contributed by atoms with E-state index in [-0.39, 0.29) is 5.91 Å². The van der Waals surface area contributed by atoms with Gasteiger partial charge in [-0.05, 0) is 25.1 Å². The second-order valence-electron chi connectivity index (χ2n) is 3.72. The van der Waals surface area contributed by atoms with E-state index < -0.39 is 6.10 Å². The van der Waals surface area contributed by atoms with Crippen LogP contribution < -0.4 is 15.4 Å². The van der Waals surface area contributed by atoms with Crippen molar-refractivity contribution in [2.45, 2.75) is 13.0 Å². The van der Waals surface area contributed by atoms with E-state index in [0.29, 0.717) is 23.7 Å². The van der Waals surface area contributed by atoms with E-state index in [1.165, 1.54) is 0 Å². The van der Waals surface area contributed by atoms with Crippen LogP contribution in [-0.4, -0.2) is 18.6 Å².